The number of carbonyl (C=O) groups is 2. The van der Waals surface area contributed by atoms with Gasteiger partial charge in [-0.2, -0.15) is 0 Å². The fraction of sp³-hybridized carbons (Fsp3) is 0.174. The van der Waals surface area contributed by atoms with E-state index >= 15 is 0 Å². The van der Waals surface area contributed by atoms with Crippen LogP contribution in [0.2, 0.25) is 0 Å². The molecule has 164 valence electrons. The van der Waals surface area contributed by atoms with Crippen molar-refractivity contribution in [3.05, 3.63) is 70.7 Å². The molecule has 0 fully saturated rings. The van der Waals surface area contributed by atoms with Crippen LogP contribution in [0.15, 0.2) is 63.9 Å². The largest absolute Gasteiger partial charge is 0.548 e. The van der Waals surface area contributed by atoms with Crippen molar-refractivity contribution in [2.45, 2.75) is 25.5 Å². The number of aliphatic carboxylic acids is 1. The topological polar surface area (TPSA) is 145 Å². The highest BCUT2D eigenvalue weighted by Gasteiger charge is 2.21. The minimum atomic E-state index is -1.45. The lowest BCUT2D eigenvalue weighted by Crippen LogP contribution is -2.52. The standard InChI is InChI=1S/C23H20N2O7/c1-12(31-16-5-2-13-3-7-21(27)32-20(13)10-16)22(28)25-19(23(29)30)8-14-11-24-18-6-4-15(26)9-17(14)18/h2-7,9-12,19,24,26H,8H2,1H3,(H,25,28)(H,29,30)/p-1/t12-,19-/m0/s1. The maximum absolute atomic E-state index is 12.6. The van der Waals surface area contributed by atoms with E-state index in [0.29, 0.717) is 21.9 Å². The van der Waals surface area contributed by atoms with E-state index in [0.717, 1.165) is 5.52 Å². The van der Waals surface area contributed by atoms with Crippen LogP contribution in [0.3, 0.4) is 0 Å². The first-order valence-corrected chi connectivity index (χ1v) is 9.81. The summed E-state index contributed by atoms with van der Waals surface area (Å²) in [4.78, 5) is 38.6. The van der Waals surface area contributed by atoms with Gasteiger partial charge < -0.3 is 34.5 Å². The van der Waals surface area contributed by atoms with Gasteiger partial charge in [-0.1, -0.05) is 0 Å². The minimum Gasteiger partial charge on any atom is -0.548 e. The SMILES string of the molecule is C[C@H](Oc1ccc2ccc(=O)oc2c1)C(=O)N[C@@H](Cc1c[nH]c2ccc(O)cc12)C(=O)[O-]. The zero-order valence-corrected chi connectivity index (χ0v) is 17.0. The molecule has 0 aliphatic rings. The maximum Gasteiger partial charge on any atom is 0.336 e. The fourth-order valence-electron chi connectivity index (χ4n) is 3.41. The Bertz CT molecular complexity index is 1370. The average molecular weight is 435 g/mol. The molecule has 0 saturated heterocycles. The second kappa shape index (κ2) is 8.46. The van der Waals surface area contributed by atoms with Crippen LogP contribution in [0.4, 0.5) is 0 Å². The molecule has 2 aromatic carbocycles. The van der Waals surface area contributed by atoms with Crippen LogP contribution in [0, 0.1) is 0 Å². The number of carboxylic acid groups (broad SMARTS) is 1. The van der Waals surface area contributed by atoms with Gasteiger partial charge in [-0.05, 0) is 48.9 Å². The van der Waals surface area contributed by atoms with Gasteiger partial charge in [0.2, 0.25) is 0 Å². The van der Waals surface area contributed by atoms with Crippen LogP contribution in [-0.4, -0.2) is 34.1 Å². The van der Waals surface area contributed by atoms with Gasteiger partial charge in [0.05, 0.1) is 12.0 Å². The zero-order valence-electron chi connectivity index (χ0n) is 17.0. The molecule has 9 heteroatoms. The van der Waals surface area contributed by atoms with Gasteiger partial charge in [0.1, 0.15) is 17.1 Å². The molecule has 0 spiro atoms. The molecule has 4 aromatic rings. The Balaban J connectivity index is 1.47. The van der Waals surface area contributed by atoms with Crippen LogP contribution in [-0.2, 0) is 16.0 Å². The number of H-pyrrole nitrogens is 1. The molecule has 0 aliphatic carbocycles. The number of hydrogen-bond acceptors (Lipinski definition) is 7. The predicted octanol–water partition coefficient (Wildman–Crippen LogP) is 1.22. The third kappa shape index (κ3) is 4.41. The number of phenolic OH excluding ortho intramolecular Hbond substituents is 1. The Labute approximate surface area is 181 Å². The number of carbonyl (C=O) groups excluding carboxylic acids is 2. The van der Waals surface area contributed by atoms with E-state index in [2.05, 4.69) is 10.3 Å². The first kappa shape index (κ1) is 21.0. The number of aromatic hydroxyl groups is 1. The van der Waals surface area contributed by atoms with Crippen LogP contribution >= 0.6 is 0 Å². The van der Waals surface area contributed by atoms with E-state index in [9.17, 15) is 24.6 Å². The van der Waals surface area contributed by atoms with Crippen molar-refractivity contribution in [2.24, 2.45) is 0 Å². The number of fused-ring (bicyclic) bond motifs is 2. The monoisotopic (exact) mass is 435 g/mol. The van der Waals surface area contributed by atoms with Gasteiger partial charge in [0.25, 0.3) is 5.91 Å². The second-order valence-electron chi connectivity index (χ2n) is 7.34. The number of aromatic nitrogens is 1. The van der Waals surface area contributed by atoms with Crippen LogP contribution in [0.1, 0.15) is 12.5 Å². The second-order valence-corrected chi connectivity index (χ2v) is 7.34. The van der Waals surface area contributed by atoms with Gasteiger partial charge in [0, 0.05) is 41.0 Å². The minimum absolute atomic E-state index is 0.0422. The number of phenols is 1. The summed E-state index contributed by atoms with van der Waals surface area (Å²) in [6, 6.07) is 11.1. The van der Waals surface area contributed by atoms with Crippen molar-refractivity contribution in [1.82, 2.24) is 10.3 Å². The molecule has 3 N–H and O–H groups in total. The molecular weight excluding hydrogens is 416 g/mol. The number of aromatic amines is 1. The van der Waals surface area contributed by atoms with E-state index in [4.69, 9.17) is 9.15 Å². The molecule has 2 atom stereocenters. The number of ether oxygens (including phenoxy) is 1. The van der Waals surface area contributed by atoms with E-state index in [1.807, 2.05) is 0 Å². The highest BCUT2D eigenvalue weighted by molar-refractivity contribution is 5.88. The predicted molar refractivity (Wildman–Crippen MR) is 113 cm³/mol. The molecule has 0 unspecified atom stereocenters. The lowest BCUT2D eigenvalue weighted by molar-refractivity contribution is -0.308. The van der Waals surface area contributed by atoms with Crippen molar-refractivity contribution in [3.63, 3.8) is 0 Å². The highest BCUT2D eigenvalue weighted by Crippen LogP contribution is 2.24. The van der Waals surface area contributed by atoms with Crippen molar-refractivity contribution in [1.29, 1.82) is 0 Å². The molecule has 9 nitrogen and oxygen atoms in total. The van der Waals surface area contributed by atoms with E-state index < -0.39 is 29.6 Å². The molecular formula is C23H19N2O7-. The third-order valence-electron chi connectivity index (χ3n) is 5.05. The van der Waals surface area contributed by atoms with E-state index in [1.165, 1.54) is 31.2 Å². The van der Waals surface area contributed by atoms with Crippen molar-refractivity contribution >= 4 is 33.7 Å². The first-order chi connectivity index (χ1) is 15.3. The molecule has 1 amide bonds. The van der Waals surface area contributed by atoms with Crippen LogP contribution < -0.4 is 20.8 Å². The molecule has 0 saturated carbocycles. The molecule has 2 heterocycles. The lowest BCUT2D eigenvalue weighted by atomic mass is 10.0. The molecule has 0 bridgehead atoms. The molecule has 0 radical (unpaired) electrons. The molecule has 32 heavy (non-hydrogen) atoms. The Morgan fingerprint density at radius 3 is 2.75 bits per heavy atom. The summed E-state index contributed by atoms with van der Waals surface area (Å²) in [6.45, 7) is 1.47. The van der Waals surface area contributed by atoms with Gasteiger partial charge in [-0.25, -0.2) is 4.79 Å². The molecule has 0 aliphatic heterocycles. The zero-order chi connectivity index (χ0) is 22.8. The summed E-state index contributed by atoms with van der Waals surface area (Å²) >= 11 is 0. The first-order valence-electron chi connectivity index (χ1n) is 9.81. The number of nitrogens with one attached hydrogen (secondary N) is 2. The number of rotatable bonds is 7. The Hall–Kier alpha value is -4.27. The summed E-state index contributed by atoms with van der Waals surface area (Å²) < 4.78 is 10.7. The van der Waals surface area contributed by atoms with E-state index in [-0.39, 0.29) is 17.9 Å². The van der Waals surface area contributed by atoms with Crippen LogP contribution in [0.25, 0.3) is 21.9 Å². The van der Waals surface area contributed by atoms with Crippen molar-refractivity contribution < 1.29 is 29.0 Å². The average Bonchev–Trinajstić information content (AvgIpc) is 3.14. The Morgan fingerprint density at radius 1 is 1.19 bits per heavy atom. The summed E-state index contributed by atoms with van der Waals surface area (Å²) in [5, 5.41) is 25.1. The highest BCUT2D eigenvalue weighted by atomic mass is 16.5. The summed E-state index contributed by atoms with van der Waals surface area (Å²) in [6.07, 6.45) is 0.539. The van der Waals surface area contributed by atoms with Gasteiger partial charge in [-0.3, -0.25) is 4.79 Å². The summed E-state index contributed by atoms with van der Waals surface area (Å²) in [7, 11) is 0. The number of hydrogen-bond donors (Lipinski definition) is 3. The van der Waals surface area contributed by atoms with E-state index in [1.54, 1.807) is 30.5 Å². The van der Waals surface area contributed by atoms with Crippen molar-refractivity contribution in [3.8, 4) is 11.5 Å². The Morgan fingerprint density at radius 2 is 1.97 bits per heavy atom. The molecule has 2 aromatic heterocycles. The third-order valence-corrected chi connectivity index (χ3v) is 5.05. The number of benzene rings is 2. The van der Waals surface area contributed by atoms with Gasteiger partial charge >= 0.3 is 5.63 Å². The lowest BCUT2D eigenvalue weighted by Gasteiger charge is -2.22. The molecule has 4 rings (SSSR count). The summed E-state index contributed by atoms with van der Waals surface area (Å²) in [5.41, 5.74) is 1.12. The number of amides is 1. The quantitative estimate of drug-likeness (QED) is 0.370. The normalized spacial score (nSPS) is 13.0. The van der Waals surface area contributed by atoms with Gasteiger partial charge in [-0.15, -0.1) is 0 Å². The fourth-order valence-corrected chi connectivity index (χ4v) is 3.41. The smallest absolute Gasteiger partial charge is 0.336 e. The van der Waals surface area contributed by atoms with Crippen molar-refractivity contribution in [2.75, 3.05) is 0 Å². The van der Waals surface area contributed by atoms with Crippen LogP contribution in [0.5, 0.6) is 11.5 Å². The number of carboxylic acids is 1. The van der Waals surface area contributed by atoms with Gasteiger partial charge in [0.15, 0.2) is 6.10 Å². The maximum atomic E-state index is 12.6. The Kier molecular flexibility index (Phi) is 5.55. The summed E-state index contributed by atoms with van der Waals surface area (Å²) in [5.74, 6) is -1.78.